The molecule has 1 rings (SSSR count). The van der Waals surface area contributed by atoms with Gasteiger partial charge in [0, 0.05) is 0 Å². The first-order valence-electron chi connectivity index (χ1n) is 3.46. The third-order valence-electron chi connectivity index (χ3n) is 1.52. The zero-order valence-corrected chi connectivity index (χ0v) is 6.58. The summed E-state index contributed by atoms with van der Waals surface area (Å²) in [7, 11) is 0. The Morgan fingerprint density at radius 3 is 1.33 bits per heavy atom. The van der Waals surface area contributed by atoms with Gasteiger partial charge in [-0.05, 0) is 18.2 Å². The molecule has 0 nitrogen and oxygen atoms in total. The predicted octanol–water partition coefficient (Wildman–Crippen LogP) is 2.54. The van der Waals surface area contributed by atoms with Gasteiger partial charge in [-0.1, -0.05) is 6.07 Å². The van der Waals surface area contributed by atoms with Crippen LogP contribution in [-0.4, -0.2) is 19.8 Å². The second-order valence-corrected chi connectivity index (χ2v) is 2.58. The monoisotopic (exact) mass is 286 g/mol. The molecule has 84 valence electrons. The molecule has 0 unspecified atom stereocenters. The van der Waals surface area contributed by atoms with Crippen LogP contribution in [0.15, 0.2) is 24.3 Å². The summed E-state index contributed by atoms with van der Waals surface area (Å²) in [5.74, 6) is 0. The van der Waals surface area contributed by atoms with Crippen LogP contribution in [0.25, 0.3) is 0 Å². The molecule has 0 heterocycles. The van der Waals surface area contributed by atoms with E-state index in [1.807, 2.05) is 0 Å². The Bertz CT molecular complexity index is 297. The van der Waals surface area contributed by atoms with E-state index in [1.165, 1.54) is 0 Å². The van der Waals surface area contributed by atoms with Crippen molar-refractivity contribution in [3.8, 4) is 0 Å². The summed E-state index contributed by atoms with van der Waals surface area (Å²) in [6, 6.07) is 2.00. The van der Waals surface area contributed by atoms with Crippen molar-refractivity contribution < 1.29 is 26.3 Å². The normalized spacial score (nSPS) is 12.1. The van der Waals surface area contributed by atoms with Gasteiger partial charge in [-0.15, -0.1) is 0 Å². The van der Waals surface area contributed by atoms with Gasteiger partial charge in [0.1, 0.15) is 0 Å². The first-order chi connectivity index (χ1) is 6.21. The molecule has 1 aromatic rings. The quantitative estimate of drug-likeness (QED) is 0.508. The molecule has 1 aromatic carbocycles. The number of rotatable bonds is 0. The van der Waals surface area contributed by atoms with Crippen LogP contribution in [0.1, 0.15) is 11.1 Å². The third kappa shape index (κ3) is 3.82. The molecule has 0 saturated carbocycles. The van der Waals surface area contributed by atoms with Crippen molar-refractivity contribution in [2.45, 2.75) is 12.4 Å². The van der Waals surface area contributed by atoms with Crippen molar-refractivity contribution >= 4 is 19.8 Å². The van der Waals surface area contributed by atoms with Gasteiger partial charge in [-0.25, -0.2) is 0 Å². The van der Waals surface area contributed by atoms with E-state index in [-0.39, 0.29) is 25.9 Å². The van der Waals surface area contributed by atoms with Crippen molar-refractivity contribution in [3.05, 3.63) is 35.4 Å². The number of hydrogen-bond donors (Lipinski definition) is 0. The van der Waals surface area contributed by atoms with Crippen molar-refractivity contribution in [1.29, 1.82) is 0 Å². The van der Waals surface area contributed by atoms with Gasteiger partial charge in [0.25, 0.3) is 0 Å². The van der Waals surface area contributed by atoms with Crippen LogP contribution in [0, 0.1) is 0 Å². The van der Waals surface area contributed by atoms with Gasteiger partial charge < -0.3 is 0 Å². The fraction of sp³-hybridized carbons (Fsp3) is 0.250. The Kier molecular flexibility index (Phi) is 4.35. The maximum absolute atomic E-state index is 12.0. The second kappa shape index (κ2) is 4.52. The molecule has 0 aliphatic carbocycles. The molecular formula is C8H7F6Ga. The van der Waals surface area contributed by atoms with Crippen LogP contribution >= 0.6 is 0 Å². The standard InChI is InChI=1S/C8H4F6.Ga.3H/c9-7(10,11)5-2-1-3-6(4-5)8(12,13)14;;;;/h1-4H;;;;. The fourth-order valence-corrected chi connectivity index (χ4v) is 0.872. The Balaban J connectivity index is 0.00000196. The van der Waals surface area contributed by atoms with Crippen molar-refractivity contribution in [2.75, 3.05) is 0 Å². The summed E-state index contributed by atoms with van der Waals surface area (Å²) in [6.45, 7) is 0. The molecule has 0 atom stereocenters. The van der Waals surface area contributed by atoms with E-state index in [1.54, 1.807) is 0 Å². The molecule has 15 heavy (non-hydrogen) atoms. The van der Waals surface area contributed by atoms with Gasteiger partial charge in [0.15, 0.2) is 0 Å². The second-order valence-electron chi connectivity index (χ2n) is 2.58. The number of benzene rings is 1. The Morgan fingerprint density at radius 2 is 1.07 bits per heavy atom. The van der Waals surface area contributed by atoms with Crippen LogP contribution in [0.3, 0.4) is 0 Å². The molecule has 0 aromatic heterocycles. The zero-order chi connectivity index (χ0) is 11.0. The minimum atomic E-state index is -4.75. The summed E-state index contributed by atoms with van der Waals surface area (Å²) in [4.78, 5) is 0. The molecule has 7 heteroatoms. The average molecular weight is 287 g/mol. The van der Waals surface area contributed by atoms with Crippen LogP contribution < -0.4 is 0 Å². The Hall–Kier alpha value is -0.564. The Labute approximate surface area is 94.3 Å². The van der Waals surface area contributed by atoms with E-state index in [9.17, 15) is 26.3 Å². The first kappa shape index (κ1) is 14.4. The molecule has 0 aliphatic rings. The fourth-order valence-electron chi connectivity index (χ4n) is 0.872. The van der Waals surface area contributed by atoms with E-state index >= 15 is 0 Å². The molecule has 0 saturated heterocycles. The van der Waals surface area contributed by atoms with Gasteiger partial charge in [0.05, 0.1) is 11.1 Å². The zero-order valence-electron chi connectivity index (χ0n) is 6.58. The van der Waals surface area contributed by atoms with Gasteiger partial charge >= 0.3 is 32.1 Å². The SMILES string of the molecule is FC(F)(F)c1cccc(C(F)(F)F)c1.[GaH3]. The Morgan fingerprint density at radius 1 is 0.733 bits per heavy atom. The molecule has 0 aliphatic heterocycles. The van der Waals surface area contributed by atoms with Crippen LogP contribution in [-0.2, 0) is 12.4 Å². The molecular weight excluding hydrogens is 280 g/mol. The molecule has 0 spiro atoms. The number of alkyl halides is 6. The average Bonchev–Trinajstić information content (AvgIpc) is 2.01. The van der Waals surface area contributed by atoms with Crippen molar-refractivity contribution in [3.63, 3.8) is 0 Å². The van der Waals surface area contributed by atoms with Crippen LogP contribution in [0.2, 0.25) is 0 Å². The molecule has 0 N–H and O–H groups in total. The van der Waals surface area contributed by atoms with E-state index in [2.05, 4.69) is 0 Å². The molecule has 0 amide bonds. The summed E-state index contributed by atoms with van der Waals surface area (Å²) in [6.07, 6.45) is -9.50. The van der Waals surface area contributed by atoms with Crippen molar-refractivity contribution in [2.24, 2.45) is 0 Å². The van der Waals surface area contributed by atoms with E-state index in [4.69, 9.17) is 0 Å². The van der Waals surface area contributed by atoms with Gasteiger partial charge in [0.2, 0.25) is 0 Å². The summed E-state index contributed by atoms with van der Waals surface area (Å²) < 4.78 is 71.9. The van der Waals surface area contributed by atoms with Crippen molar-refractivity contribution in [1.82, 2.24) is 0 Å². The maximum atomic E-state index is 12.0. The number of hydrogen-bond acceptors (Lipinski definition) is 0. The van der Waals surface area contributed by atoms with Gasteiger partial charge in [-0.2, -0.15) is 26.3 Å². The van der Waals surface area contributed by atoms with Crippen LogP contribution in [0.5, 0.6) is 0 Å². The topological polar surface area (TPSA) is 0 Å². The number of halogens is 6. The minimum absolute atomic E-state index is 0. The van der Waals surface area contributed by atoms with E-state index < -0.39 is 23.5 Å². The molecule has 0 bridgehead atoms. The van der Waals surface area contributed by atoms with Gasteiger partial charge in [-0.3, -0.25) is 0 Å². The third-order valence-corrected chi connectivity index (χ3v) is 1.52. The van der Waals surface area contributed by atoms with Crippen LogP contribution in [0.4, 0.5) is 26.3 Å². The van der Waals surface area contributed by atoms with E-state index in [0.29, 0.717) is 12.1 Å². The molecule has 0 fully saturated rings. The predicted molar refractivity (Wildman–Crippen MR) is 46.4 cm³/mol. The molecule has 0 radical (unpaired) electrons. The summed E-state index contributed by atoms with van der Waals surface area (Å²) >= 11 is 0. The van der Waals surface area contributed by atoms with E-state index in [0.717, 1.165) is 6.07 Å². The first-order valence-corrected chi connectivity index (χ1v) is 3.46. The summed E-state index contributed by atoms with van der Waals surface area (Å²) in [5, 5.41) is 0. The summed E-state index contributed by atoms with van der Waals surface area (Å²) in [5.41, 5.74) is -2.60.